The van der Waals surface area contributed by atoms with Crippen LogP contribution in [0.2, 0.25) is 0 Å². The summed E-state index contributed by atoms with van der Waals surface area (Å²) in [5.41, 5.74) is 16.9. The number of pyridine rings is 2. The average molecular weight is 749 g/mol. The fourth-order valence-electron chi connectivity index (χ4n) is 6.52. The van der Waals surface area contributed by atoms with E-state index in [0.29, 0.717) is 17.1 Å². The second kappa shape index (κ2) is 15.6. The second-order valence-electron chi connectivity index (χ2n) is 16.0. The summed E-state index contributed by atoms with van der Waals surface area (Å²) in [6.07, 6.45) is 0. The minimum atomic E-state index is -4.10. The Morgan fingerprint density at radius 1 is 0.630 bits per heavy atom. The van der Waals surface area contributed by atoms with Gasteiger partial charge in [0.2, 0.25) is 0 Å². The van der Waals surface area contributed by atoms with Crippen molar-refractivity contribution in [3.05, 3.63) is 129 Å². The molecule has 0 unspecified atom stereocenters. The Bertz CT molecular complexity index is 2320. The zero-order valence-corrected chi connectivity index (χ0v) is 34.2. The van der Waals surface area contributed by atoms with Crippen molar-refractivity contribution in [1.29, 1.82) is 0 Å². The number of benzene rings is 3. The highest BCUT2D eigenvalue weighted by Gasteiger charge is 2.26. The van der Waals surface area contributed by atoms with Crippen LogP contribution in [0.4, 0.5) is 5.69 Å². The Kier molecular flexibility index (Phi) is 11.9. The van der Waals surface area contributed by atoms with Gasteiger partial charge in [-0.1, -0.05) is 83.0 Å². The lowest BCUT2D eigenvalue weighted by atomic mass is 9.89. The van der Waals surface area contributed by atoms with Gasteiger partial charge in [-0.15, -0.1) is 0 Å². The molecule has 0 atom stereocenters. The quantitative estimate of drug-likeness (QED) is 0.145. The second-order valence-corrected chi connectivity index (χ2v) is 17.7. The normalized spacial score (nSPS) is 11.8. The molecule has 0 spiro atoms. The standard InChI is InChI=1S/C25H29N3O3S.C19H23NO2/c1-15-12-16(2)22(17(3)13-15)23-20(10-11-21(27-23)25(4,5)6)24(29)28-32(30,31)19-9-7-8-18(26)14-19;1-11-9-12(2)16(13(3)10-11)17-14(18(21)22)7-8-15(20-17)19(4,5)6/h7-14H,26H2,1-6H3,(H,28,29);7-10H,1-6H3,(H,21,22). The molecule has 3 aromatic carbocycles. The summed E-state index contributed by atoms with van der Waals surface area (Å²) in [5.74, 6) is -1.68. The number of nitrogens with two attached hydrogens (primary N) is 1. The van der Waals surface area contributed by atoms with Crippen molar-refractivity contribution in [3.8, 4) is 22.5 Å². The van der Waals surface area contributed by atoms with Crippen molar-refractivity contribution in [2.75, 3.05) is 5.73 Å². The van der Waals surface area contributed by atoms with Crippen LogP contribution >= 0.6 is 0 Å². The van der Waals surface area contributed by atoms with Crippen LogP contribution in [-0.2, 0) is 20.9 Å². The van der Waals surface area contributed by atoms with Crippen molar-refractivity contribution < 1.29 is 23.1 Å². The monoisotopic (exact) mass is 748 g/mol. The Morgan fingerprint density at radius 3 is 1.43 bits per heavy atom. The smallest absolute Gasteiger partial charge is 0.337 e. The molecular formula is C44H52N4O5S. The van der Waals surface area contributed by atoms with Crippen LogP contribution in [-0.4, -0.2) is 35.4 Å². The number of amides is 1. The van der Waals surface area contributed by atoms with Gasteiger partial charge < -0.3 is 10.8 Å². The zero-order chi connectivity index (χ0) is 40.5. The molecule has 10 heteroatoms. The van der Waals surface area contributed by atoms with E-state index in [1.165, 1.54) is 23.8 Å². The van der Waals surface area contributed by atoms with E-state index < -0.39 is 21.9 Å². The molecule has 4 N–H and O–H groups in total. The summed E-state index contributed by atoms with van der Waals surface area (Å²) in [5, 5.41) is 9.52. The van der Waals surface area contributed by atoms with E-state index in [9.17, 15) is 23.1 Å². The Hall–Kier alpha value is -5.35. The van der Waals surface area contributed by atoms with Crippen LogP contribution < -0.4 is 10.5 Å². The van der Waals surface area contributed by atoms with Crippen molar-refractivity contribution in [3.63, 3.8) is 0 Å². The van der Waals surface area contributed by atoms with Gasteiger partial charge in [0.25, 0.3) is 15.9 Å². The number of sulfonamides is 1. The molecule has 0 fully saturated rings. The van der Waals surface area contributed by atoms with Gasteiger partial charge in [0.05, 0.1) is 27.4 Å². The topological polar surface area (TPSA) is 152 Å². The highest BCUT2D eigenvalue weighted by Crippen LogP contribution is 2.34. The number of carboxylic acids is 1. The number of rotatable bonds is 6. The van der Waals surface area contributed by atoms with Crippen molar-refractivity contribution in [2.45, 2.75) is 98.8 Å². The Labute approximate surface area is 320 Å². The minimum absolute atomic E-state index is 0.0747. The maximum Gasteiger partial charge on any atom is 0.337 e. The average Bonchev–Trinajstić information content (AvgIpc) is 3.03. The molecule has 2 heterocycles. The molecule has 0 saturated carbocycles. The SMILES string of the molecule is Cc1cc(C)c(-c2nc(C(C)(C)C)ccc2C(=O)NS(=O)(=O)c2cccc(N)c2)c(C)c1.Cc1cc(C)c(-c2nc(C(C)(C)C)ccc2C(=O)O)c(C)c1. The molecule has 0 aliphatic rings. The number of anilines is 1. The van der Waals surface area contributed by atoms with E-state index in [1.807, 2.05) is 80.5 Å². The summed E-state index contributed by atoms with van der Waals surface area (Å²) < 4.78 is 27.8. The Balaban J connectivity index is 0.000000258. The molecule has 284 valence electrons. The third kappa shape index (κ3) is 9.41. The number of carboxylic acid groups (broad SMARTS) is 1. The molecular weight excluding hydrogens is 697 g/mol. The largest absolute Gasteiger partial charge is 0.478 e. The first-order chi connectivity index (χ1) is 24.9. The first kappa shape index (κ1) is 41.4. The third-order valence-corrected chi connectivity index (χ3v) is 10.4. The lowest BCUT2D eigenvalue weighted by Crippen LogP contribution is -2.31. The summed E-state index contributed by atoms with van der Waals surface area (Å²) in [6, 6.07) is 20.9. The van der Waals surface area contributed by atoms with Crippen LogP contribution in [0.1, 0.15) is 107 Å². The number of aromatic carboxylic acids is 1. The van der Waals surface area contributed by atoms with E-state index in [1.54, 1.807) is 24.3 Å². The molecule has 1 amide bonds. The Morgan fingerprint density at radius 2 is 1.04 bits per heavy atom. The van der Waals surface area contributed by atoms with Crippen LogP contribution in [0.25, 0.3) is 22.5 Å². The molecule has 9 nitrogen and oxygen atoms in total. The van der Waals surface area contributed by atoms with Crippen LogP contribution in [0.3, 0.4) is 0 Å². The molecule has 54 heavy (non-hydrogen) atoms. The molecule has 5 aromatic rings. The molecule has 0 saturated heterocycles. The van der Waals surface area contributed by atoms with Gasteiger partial charge in [0.15, 0.2) is 0 Å². The summed E-state index contributed by atoms with van der Waals surface area (Å²) >= 11 is 0. The number of nitrogen functional groups attached to an aromatic ring is 1. The number of hydrogen-bond donors (Lipinski definition) is 3. The van der Waals surface area contributed by atoms with Crippen LogP contribution in [0.5, 0.6) is 0 Å². The van der Waals surface area contributed by atoms with Gasteiger partial charge in [-0.05, 0) is 106 Å². The molecule has 0 bridgehead atoms. The molecule has 0 radical (unpaired) electrons. The predicted molar refractivity (Wildman–Crippen MR) is 218 cm³/mol. The minimum Gasteiger partial charge on any atom is -0.478 e. The van der Waals surface area contributed by atoms with Crippen molar-refractivity contribution in [1.82, 2.24) is 14.7 Å². The highest BCUT2D eigenvalue weighted by atomic mass is 32.2. The van der Waals surface area contributed by atoms with E-state index in [2.05, 4.69) is 37.6 Å². The first-order valence-electron chi connectivity index (χ1n) is 17.8. The van der Waals surface area contributed by atoms with Gasteiger partial charge in [-0.3, -0.25) is 14.8 Å². The summed E-state index contributed by atoms with van der Waals surface area (Å²) in [6.45, 7) is 24.3. The molecule has 5 rings (SSSR count). The third-order valence-electron chi connectivity index (χ3n) is 9.03. The lowest BCUT2D eigenvalue weighted by molar-refractivity contribution is 0.0697. The highest BCUT2D eigenvalue weighted by molar-refractivity contribution is 7.90. The van der Waals surface area contributed by atoms with Gasteiger partial charge in [-0.2, -0.15) is 0 Å². The number of aromatic nitrogens is 2. The van der Waals surface area contributed by atoms with Crippen molar-refractivity contribution >= 4 is 27.6 Å². The van der Waals surface area contributed by atoms with Crippen LogP contribution in [0.15, 0.2) is 77.7 Å². The number of nitrogens with zero attached hydrogens (tertiary/aromatic N) is 2. The first-order valence-corrected chi connectivity index (χ1v) is 19.2. The fraction of sp³-hybridized carbons (Fsp3) is 0.318. The zero-order valence-electron chi connectivity index (χ0n) is 33.4. The van der Waals surface area contributed by atoms with E-state index in [4.69, 9.17) is 15.7 Å². The number of hydrogen-bond acceptors (Lipinski definition) is 7. The fourth-order valence-corrected chi connectivity index (χ4v) is 7.54. The predicted octanol–water partition coefficient (Wildman–Crippen LogP) is 9.34. The van der Waals surface area contributed by atoms with Gasteiger partial charge in [0.1, 0.15) is 0 Å². The van der Waals surface area contributed by atoms with E-state index >= 15 is 0 Å². The number of aryl methyl sites for hydroxylation is 6. The lowest BCUT2D eigenvalue weighted by Gasteiger charge is -2.21. The number of carbonyl (C=O) groups excluding carboxylic acids is 1. The van der Waals surface area contributed by atoms with Crippen LogP contribution in [0, 0.1) is 41.5 Å². The summed E-state index contributed by atoms with van der Waals surface area (Å²) in [7, 11) is -4.10. The maximum atomic E-state index is 13.2. The van der Waals surface area contributed by atoms with Crippen molar-refractivity contribution in [2.24, 2.45) is 0 Å². The van der Waals surface area contributed by atoms with Gasteiger partial charge >= 0.3 is 5.97 Å². The van der Waals surface area contributed by atoms with E-state index in [0.717, 1.165) is 50.3 Å². The number of nitrogens with one attached hydrogen (secondary N) is 1. The number of carbonyl (C=O) groups is 2. The van der Waals surface area contributed by atoms with Gasteiger partial charge in [-0.25, -0.2) is 17.9 Å². The summed E-state index contributed by atoms with van der Waals surface area (Å²) in [4.78, 5) is 34.3. The van der Waals surface area contributed by atoms with E-state index in [-0.39, 0.29) is 26.9 Å². The molecule has 2 aromatic heterocycles. The van der Waals surface area contributed by atoms with Gasteiger partial charge in [0, 0.05) is 39.0 Å². The maximum absolute atomic E-state index is 13.2. The molecule has 0 aliphatic carbocycles. The molecule has 0 aliphatic heterocycles.